The van der Waals surface area contributed by atoms with E-state index in [0.717, 1.165) is 0 Å². The Hall–Kier alpha value is -4.47. The van der Waals surface area contributed by atoms with Gasteiger partial charge in [-0.15, -0.1) is 0 Å². The molecule has 2 amide bonds. The van der Waals surface area contributed by atoms with Gasteiger partial charge in [0.05, 0.1) is 22.4 Å². The molecule has 0 bridgehead atoms. The van der Waals surface area contributed by atoms with Crippen LogP contribution in [0, 0.1) is 10.1 Å². The maximum Gasteiger partial charge on any atom is 0.340 e. The van der Waals surface area contributed by atoms with Crippen molar-refractivity contribution >= 4 is 34.8 Å². The standard InChI is InChI=1S/C20H15N3O7/c24-18(21-15-8-3-4-9-16(15)23(27)28)12-30-20(26)13-6-1-2-7-14(13)22-19(25)17-10-5-11-29-17/h1-11H,12H2,(H,21,24)(H,22,25). The molecule has 2 N–H and O–H groups in total. The number of nitrogens with zero attached hydrogens (tertiary/aromatic N) is 1. The highest BCUT2D eigenvalue weighted by Gasteiger charge is 2.19. The van der Waals surface area contributed by atoms with Gasteiger partial charge in [0.15, 0.2) is 12.4 Å². The number of nitro groups is 1. The van der Waals surface area contributed by atoms with Crippen LogP contribution < -0.4 is 10.6 Å². The molecule has 0 saturated heterocycles. The fraction of sp³-hybridized carbons (Fsp3) is 0.0500. The molecule has 3 rings (SSSR count). The molecule has 10 nitrogen and oxygen atoms in total. The van der Waals surface area contributed by atoms with E-state index in [1.54, 1.807) is 18.2 Å². The molecule has 10 heteroatoms. The van der Waals surface area contributed by atoms with Crippen LogP contribution >= 0.6 is 0 Å². The summed E-state index contributed by atoms with van der Waals surface area (Å²) in [6, 6.07) is 14.7. The van der Waals surface area contributed by atoms with Gasteiger partial charge in [0.25, 0.3) is 17.5 Å². The number of nitro benzene ring substituents is 1. The van der Waals surface area contributed by atoms with E-state index >= 15 is 0 Å². The first-order valence-corrected chi connectivity index (χ1v) is 8.60. The van der Waals surface area contributed by atoms with E-state index in [0.29, 0.717) is 0 Å². The zero-order valence-corrected chi connectivity index (χ0v) is 15.4. The molecule has 0 radical (unpaired) electrons. The summed E-state index contributed by atoms with van der Waals surface area (Å²) in [5.74, 6) is -2.12. The minimum Gasteiger partial charge on any atom is -0.459 e. The second-order valence-electron chi connectivity index (χ2n) is 5.88. The molecule has 152 valence electrons. The third-order valence-electron chi connectivity index (χ3n) is 3.85. The average Bonchev–Trinajstić information content (AvgIpc) is 3.28. The van der Waals surface area contributed by atoms with Gasteiger partial charge in [-0.05, 0) is 30.3 Å². The number of esters is 1. The number of benzene rings is 2. The van der Waals surface area contributed by atoms with Crippen LogP contribution in [0.3, 0.4) is 0 Å². The van der Waals surface area contributed by atoms with E-state index in [2.05, 4.69) is 10.6 Å². The molecule has 1 aromatic heterocycles. The van der Waals surface area contributed by atoms with Crippen molar-refractivity contribution in [2.75, 3.05) is 17.2 Å². The molecule has 3 aromatic rings. The Morgan fingerprint density at radius 2 is 1.63 bits per heavy atom. The van der Waals surface area contributed by atoms with E-state index in [4.69, 9.17) is 9.15 Å². The largest absolute Gasteiger partial charge is 0.459 e. The summed E-state index contributed by atoms with van der Waals surface area (Å²) in [5, 5.41) is 15.8. The molecule has 0 unspecified atom stereocenters. The fourth-order valence-corrected chi connectivity index (χ4v) is 2.50. The van der Waals surface area contributed by atoms with Crippen molar-refractivity contribution in [1.82, 2.24) is 0 Å². The predicted molar refractivity (Wildman–Crippen MR) is 105 cm³/mol. The SMILES string of the molecule is O=C(COC(=O)c1ccccc1NC(=O)c1ccco1)Nc1ccccc1[N+](=O)[O-]. The lowest BCUT2D eigenvalue weighted by atomic mass is 10.1. The number of furan rings is 1. The Bertz CT molecular complexity index is 1090. The molecule has 0 spiro atoms. The van der Waals surface area contributed by atoms with Gasteiger partial charge < -0.3 is 19.8 Å². The maximum atomic E-state index is 12.4. The summed E-state index contributed by atoms with van der Waals surface area (Å²) >= 11 is 0. The highest BCUT2D eigenvalue weighted by atomic mass is 16.6. The van der Waals surface area contributed by atoms with Crippen molar-refractivity contribution in [3.8, 4) is 0 Å². The number of hydrogen-bond acceptors (Lipinski definition) is 7. The number of hydrogen-bond donors (Lipinski definition) is 2. The fourth-order valence-electron chi connectivity index (χ4n) is 2.50. The van der Waals surface area contributed by atoms with Gasteiger partial charge in [-0.2, -0.15) is 0 Å². The molecular weight excluding hydrogens is 394 g/mol. The van der Waals surface area contributed by atoms with E-state index < -0.39 is 29.3 Å². The van der Waals surface area contributed by atoms with Crippen LogP contribution in [0.25, 0.3) is 0 Å². The van der Waals surface area contributed by atoms with Crippen LogP contribution in [-0.2, 0) is 9.53 Å². The van der Waals surface area contributed by atoms with Crippen molar-refractivity contribution in [2.24, 2.45) is 0 Å². The zero-order valence-electron chi connectivity index (χ0n) is 15.4. The smallest absolute Gasteiger partial charge is 0.340 e. The summed E-state index contributed by atoms with van der Waals surface area (Å²) in [6.07, 6.45) is 1.34. The normalized spacial score (nSPS) is 10.1. The maximum absolute atomic E-state index is 12.4. The quantitative estimate of drug-likeness (QED) is 0.347. The van der Waals surface area contributed by atoms with E-state index in [1.165, 1.54) is 48.7 Å². The Morgan fingerprint density at radius 3 is 2.33 bits per heavy atom. The predicted octanol–water partition coefficient (Wildman–Crippen LogP) is 3.24. The van der Waals surface area contributed by atoms with Crippen LogP contribution in [0.4, 0.5) is 17.1 Å². The molecular formula is C20H15N3O7. The van der Waals surface area contributed by atoms with Crippen molar-refractivity contribution in [3.63, 3.8) is 0 Å². The summed E-state index contributed by atoms with van der Waals surface area (Å²) in [4.78, 5) is 46.9. The van der Waals surface area contributed by atoms with Gasteiger partial charge in [0.2, 0.25) is 0 Å². The minimum atomic E-state index is -0.858. The lowest BCUT2D eigenvalue weighted by molar-refractivity contribution is -0.383. The van der Waals surface area contributed by atoms with Gasteiger partial charge in [0.1, 0.15) is 5.69 Å². The van der Waals surface area contributed by atoms with Crippen molar-refractivity contribution in [1.29, 1.82) is 0 Å². The Kier molecular flexibility index (Phi) is 6.18. The zero-order chi connectivity index (χ0) is 21.5. The first-order chi connectivity index (χ1) is 14.5. The lowest BCUT2D eigenvalue weighted by Gasteiger charge is -2.10. The van der Waals surface area contributed by atoms with E-state index in [-0.39, 0.29) is 28.4 Å². The highest BCUT2D eigenvalue weighted by Crippen LogP contribution is 2.23. The second kappa shape index (κ2) is 9.15. The van der Waals surface area contributed by atoms with Gasteiger partial charge in [-0.25, -0.2) is 4.79 Å². The molecule has 0 saturated carbocycles. The number of nitrogens with one attached hydrogen (secondary N) is 2. The number of anilines is 2. The summed E-state index contributed by atoms with van der Waals surface area (Å²) < 4.78 is 9.98. The van der Waals surface area contributed by atoms with Crippen LogP contribution in [0.5, 0.6) is 0 Å². The molecule has 1 heterocycles. The van der Waals surface area contributed by atoms with Gasteiger partial charge >= 0.3 is 5.97 Å². The topological polar surface area (TPSA) is 141 Å². The van der Waals surface area contributed by atoms with E-state index in [1.807, 2.05) is 0 Å². The number of carbonyl (C=O) groups is 3. The second-order valence-corrected chi connectivity index (χ2v) is 5.88. The number of carbonyl (C=O) groups excluding carboxylic acids is 3. The molecule has 0 aliphatic heterocycles. The van der Waals surface area contributed by atoms with E-state index in [9.17, 15) is 24.5 Å². The molecule has 0 atom stereocenters. The first kappa shape index (κ1) is 20.3. The molecule has 2 aromatic carbocycles. The molecule has 0 aliphatic carbocycles. The number of rotatable bonds is 7. The van der Waals surface area contributed by atoms with Crippen molar-refractivity contribution in [3.05, 3.63) is 88.4 Å². The van der Waals surface area contributed by atoms with Crippen LogP contribution in [0.1, 0.15) is 20.9 Å². The van der Waals surface area contributed by atoms with Crippen LogP contribution in [0.15, 0.2) is 71.3 Å². The summed E-state index contributed by atoms with van der Waals surface area (Å²) in [6.45, 7) is -0.675. The number of ether oxygens (including phenoxy) is 1. The monoisotopic (exact) mass is 409 g/mol. The van der Waals surface area contributed by atoms with Gasteiger partial charge in [-0.3, -0.25) is 19.7 Å². The highest BCUT2D eigenvalue weighted by molar-refractivity contribution is 6.07. The third kappa shape index (κ3) is 4.87. The summed E-state index contributed by atoms with van der Waals surface area (Å²) in [7, 11) is 0. The Morgan fingerprint density at radius 1 is 0.933 bits per heavy atom. The average molecular weight is 409 g/mol. The molecule has 0 aliphatic rings. The minimum absolute atomic E-state index is 0.0188. The first-order valence-electron chi connectivity index (χ1n) is 8.60. The van der Waals surface area contributed by atoms with Gasteiger partial charge in [0, 0.05) is 6.07 Å². The van der Waals surface area contributed by atoms with Crippen LogP contribution in [0.2, 0.25) is 0 Å². The van der Waals surface area contributed by atoms with Gasteiger partial charge in [-0.1, -0.05) is 24.3 Å². The van der Waals surface area contributed by atoms with Crippen molar-refractivity contribution < 1.29 is 28.5 Å². The Labute approximate surface area is 169 Å². The number of amides is 2. The Balaban J connectivity index is 1.63. The van der Waals surface area contributed by atoms with Crippen LogP contribution in [-0.4, -0.2) is 29.3 Å². The third-order valence-corrected chi connectivity index (χ3v) is 3.85. The van der Waals surface area contributed by atoms with Crippen molar-refractivity contribution in [2.45, 2.75) is 0 Å². The molecule has 30 heavy (non-hydrogen) atoms. The lowest BCUT2D eigenvalue weighted by Crippen LogP contribution is -2.22. The number of para-hydroxylation sites is 3. The summed E-state index contributed by atoms with van der Waals surface area (Å²) in [5.41, 5.74) is -0.114. The molecule has 0 fully saturated rings.